The Labute approximate surface area is 163 Å². The van der Waals surface area contributed by atoms with Crippen LogP contribution in [0.4, 0.5) is 4.39 Å². The molecule has 28 heavy (non-hydrogen) atoms. The van der Waals surface area contributed by atoms with Gasteiger partial charge >= 0.3 is 0 Å². The van der Waals surface area contributed by atoms with Crippen molar-refractivity contribution in [1.29, 1.82) is 0 Å². The molecule has 1 unspecified atom stereocenters. The summed E-state index contributed by atoms with van der Waals surface area (Å²) in [6.45, 7) is 1.07. The zero-order chi connectivity index (χ0) is 20.1. The van der Waals surface area contributed by atoms with Gasteiger partial charge in [-0.05, 0) is 35.4 Å². The predicted octanol–water partition coefficient (Wildman–Crippen LogP) is 2.51. The van der Waals surface area contributed by atoms with Crippen LogP contribution in [0.5, 0.6) is 11.5 Å². The Balaban J connectivity index is 1.57. The first-order valence-electron chi connectivity index (χ1n) is 9.01. The van der Waals surface area contributed by atoms with Gasteiger partial charge in [0.15, 0.2) is 11.5 Å². The van der Waals surface area contributed by atoms with Crippen LogP contribution in [-0.4, -0.2) is 37.5 Å². The zero-order valence-electron chi connectivity index (χ0n) is 15.9. The van der Waals surface area contributed by atoms with E-state index < -0.39 is 5.92 Å². The highest BCUT2D eigenvalue weighted by Crippen LogP contribution is 2.29. The van der Waals surface area contributed by atoms with E-state index in [0.29, 0.717) is 31.1 Å². The summed E-state index contributed by atoms with van der Waals surface area (Å²) in [6, 6.07) is 11.4. The van der Waals surface area contributed by atoms with Gasteiger partial charge in [-0.1, -0.05) is 18.2 Å². The topological polar surface area (TPSA) is 67.9 Å². The first kappa shape index (κ1) is 19.7. The first-order valence-corrected chi connectivity index (χ1v) is 9.01. The molecule has 2 aromatic rings. The molecule has 7 heteroatoms. The van der Waals surface area contributed by atoms with Crippen LogP contribution in [0.3, 0.4) is 0 Å². The Morgan fingerprint density at radius 2 is 1.79 bits per heavy atom. The number of carbonyl (C=O) groups is 2. The van der Waals surface area contributed by atoms with E-state index in [1.54, 1.807) is 37.3 Å². The smallest absolute Gasteiger partial charge is 0.225 e. The van der Waals surface area contributed by atoms with Crippen molar-refractivity contribution in [2.24, 2.45) is 5.92 Å². The number of rotatable bonds is 7. The fourth-order valence-electron chi connectivity index (χ4n) is 3.24. The third-order valence-corrected chi connectivity index (χ3v) is 4.79. The second-order valence-electron chi connectivity index (χ2n) is 6.71. The minimum atomic E-state index is -0.395. The van der Waals surface area contributed by atoms with Gasteiger partial charge in [-0.2, -0.15) is 0 Å². The summed E-state index contributed by atoms with van der Waals surface area (Å²) in [4.78, 5) is 26.4. The highest BCUT2D eigenvalue weighted by molar-refractivity contribution is 5.89. The number of benzene rings is 2. The van der Waals surface area contributed by atoms with E-state index in [4.69, 9.17) is 9.47 Å². The van der Waals surface area contributed by atoms with Gasteiger partial charge in [-0.15, -0.1) is 0 Å². The lowest BCUT2D eigenvalue weighted by Gasteiger charge is -2.18. The molecule has 1 atom stereocenters. The van der Waals surface area contributed by atoms with Crippen LogP contribution in [0, 0.1) is 11.7 Å². The Morgan fingerprint density at radius 3 is 2.46 bits per heavy atom. The van der Waals surface area contributed by atoms with Crippen molar-refractivity contribution in [3.63, 3.8) is 0 Å². The standard InChI is InChI=1S/C21H23FN2O4/c1-27-18-8-5-15(9-19(18)28-2)12-24-13-16(10-20(24)25)21(26)23-11-14-3-6-17(22)7-4-14/h3-9,16H,10-13H2,1-2H3,(H,23,26). The molecule has 2 aromatic carbocycles. The number of nitrogens with zero attached hydrogens (tertiary/aromatic N) is 1. The number of likely N-dealkylation sites (tertiary alicyclic amines) is 1. The van der Waals surface area contributed by atoms with Crippen LogP contribution < -0.4 is 14.8 Å². The van der Waals surface area contributed by atoms with E-state index in [9.17, 15) is 14.0 Å². The van der Waals surface area contributed by atoms with Gasteiger partial charge in [0, 0.05) is 26.1 Å². The monoisotopic (exact) mass is 386 g/mol. The van der Waals surface area contributed by atoms with Crippen molar-refractivity contribution in [1.82, 2.24) is 10.2 Å². The van der Waals surface area contributed by atoms with Gasteiger partial charge in [0.1, 0.15) is 5.82 Å². The molecule has 3 rings (SSSR count). The molecule has 1 fully saturated rings. The lowest BCUT2D eigenvalue weighted by molar-refractivity contribution is -0.129. The van der Waals surface area contributed by atoms with Crippen molar-refractivity contribution in [3.05, 3.63) is 59.4 Å². The number of halogens is 1. The normalized spacial score (nSPS) is 16.2. The quantitative estimate of drug-likeness (QED) is 0.794. The molecule has 2 amide bonds. The van der Waals surface area contributed by atoms with Gasteiger partial charge in [-0.3, -0.25) is 9.59 Å². The Bertz CT molecular complexity index is 854. The van der Waals surface area contributed by atoms with Crippen molar-refractivity contribution in [2.45, 2.75) is 19.5 Å². The summed E-state index contributed by atoms with van der Waals surface area (Å²) in [6.07, 6.45) is 0.183. The van der Waals surface area contributed by atoms with Crippen molar-refractivity contribution in [2.75, 3.05) is 20.8 Å². The van der Waals surface area contributed by atoms with Crippen LogP contribution in [0.2, 0.25) is 0 Å². The molecule has 148 valence electrons. The van der Waals surface area contributed by atoms with Crippen molar-refractivity contribution >= 4 is 11.8 Å². The van der Waals surface area contributed by atoms with Gasteiger partial charge < -0.3 is 19.7 Å². The molecule has 1 aliphatic heterocycles. The average molecular weight is 386 g/mol. The highest BCUT2D eigenvalue weighted by atomic mass is 19.1. The van der Waals surface area contributed by atoms with Crippen LogP contribution >= 0.6 is 0 Å². The second-order valence-corrected chi connectivity index (χ2v) is 6.71. The molecule has 0 aliphatic carbocycles. The molecule has 0 bridgehead atoms. The Kier molecular flexibility index (Phi) is 6.13. The zero-order valence-corrected chi connectivity index (χ0v) is 15.9. The number of ether oxygens (including phenoxy) is 2. The van der Waals surface area contributed by atoms with Crippen molar-refractivity contribution in [3.8, 4) is 11.5 Å². The fraction of sp³-hybridized carbons (Fsp3) is 0.333. The maximum absolute atomic E-state index is 12.9. The van der Waals surface area contributed by atoms with E-state index in [2.05, 4.69) is 5.32 Å². The summed E-state index contributed by atoms with van der Waals surface area (Å²) >= 11 is 0. The molecule has 0 radical (unpaired) electrons. The SMILES string of the molecule is COc1ccc(CN2CC(C(=O)NCc3ccc(F)cc3)CC2=O)cc1OC. The van der Waals surface area contributed by atoms with Crippen LogP contribution in [0.1, 0.15) is 17.5 Å². The summed E-state index contributed by atoms with van der Waals surface area (Å²) < 4.78 is 23.5. The van der Waals surface area contributed by atoms with Gasteiger partial charge in [0.2, 0.25) is 11.8 Å². The largest absolute Gasteiger partial charge is 0.493 e. The molecule has 1 heterocycles. The molecule has 0 spiro atoms. The summed E-state index contributed by atoms with van der Waals surface area (Å²) in [5.41, 5.74) is 1.71. The summed E-state index contributed by atoms with van der Waals surface area (Å²) in [5.74, 6) is 0.275. The predicted molar refractivity (Wildman–Crippen MR) is 101 cm³/mol. The highest BCUT2D eigenvalue weighted by Gasteiger charge is 2.34. The average Bonchev–Trinajstić information content (AvgIpc) is 3.07. The van der Waals surface area contributed by atoms with E-state index in [1.807, 2.05) is 12.1 Å². The first-order chi connectivity index (χ1) is 13.5. The van der Waals surface area contributed by atoms with E-state index in [1.165, 1.54) is 12.1 Å². The molecular weight excluding hydrogens is 363 g/mol. The Hall–Kier alpha value is -3.09. The lowest BCUT2D eigenvalue weighted by atomic mass is 10.1. The summed E-state index contributed by atoms with van der Waals surface area (Å²) in [5, 5.41) is 2.82. The fourth-order valence-corrected chi connectivity index (χ4v) is 3.24. The number of methoxy groups -OCH3 is 2. The molecule has 0 aromatic heterocycles. The van der Waals surface area contributed by atoms with Crippen molar-refractivity contribution < 1.29 is 23.5 Å². The molecule has 1 saturated heterocycles. The van der Waals surface area contributed by atoms with Gasteiger partial charge in [0.05, 0.1) is 20.1 Å². The minimum Gasteiger partial charge on any atom is -0.493 e. The maximum atomic E-state index is 12.9. The number of nitrogens with one attached hydrogen (secondary N) is 1. The lowest BCUT2D eigenvalue weighted by Crippen LogP contribution is -2.32. The molecule has 1 aliphatic rings. The third kappa shape index (κ3) is 4.60. The number of hydrogen-bond donors (Lipinski definition) is 1. The summed E-state index contributed by atoms with van der Waals surface area (Å²) in [7, 11) is 3.13. The van der Waals surface area contributed by atoms with Crippen LogP contribution in [-0.2, 0) is 22.7 Å². The van der Waals surface area contributed by atoms with Crippen LogP contribution in [0.25, 0.3) is 0 Å². The number of carbonyl (C=O) groups excluding carboxylic acids is 2. The molecular formula is C21H23FN2O4. The van der Waals surface area contributed by atoms with E-state index >= 15 is 0 Å². The molecule has 6 nitrogen and oxygen atoms in total. The van der Waals surface area contributed by atoms with E-state index in [-0.39, 0.29) is 24.1 Å². The number of hydrogen-bond acceptors (Lipinski definition) is 4. The van der Waals surface area contributed by atoms with Gasteiger partial charge in [-0.25, -0.2) is 4.39 Å². The minimum absolute atomic E-state index is 0.0586. The molecule has 1 N–H and O–H groups in total. The second kappa shape index (κ2) is 8.73. The number of amides is 2. The van der Waals surface area contributed by atoms with Gasteiger partial charge in [0.25, 0.3) is 0 Å². The van der Waals surface area contributed by atoms with Crippen LogP contribution in [0.15, 0.2) is 42.5 Å². The maximum Gasteiger partial charge on any atom is 0.225 e. The molecule has 0 saturated carbocycles. The Morgan fingerprint density at radius 1 is 1.11 bits per heavy atom. The van der Waals surface area contributed by atoms with E-state index in [0.717, 1.165) is 11.1 Å². The third-order valence-electron chi connectivity index (χ3n) is 4.79.